The highest BCUT2D eigenvalue weighted by atomic mass is 14.8. The molecule has 90 valence electrons. The molecule has 2 aromatic rings. The van der Waals surface area contributed by atoms with E-state index in [1.807, 2.05) is 30.5 Å². The molecule has 0 aromatic carbocycles. The molecule has 0 radical (unpaired) electrons. The summed E-state index contributed by atoms with van der Waals surface area (Å²) in [5.74, 6) is 0. The molecule has 3 heterocycles. The van der Waals surface area contributed by atoms with Crippen LogP contribution < -0.4 is 0 Å². The van der Waals surface area contributed by atoms with Gasteiger partial charge in [0.15, 0.2) is 0 Å². The normalized spacial score (nSPS) is 16.6. The number of nitrogens with zero attached hydrogens (tertiary/aromatic N) is 1. The minimum atomic E-state index is 0.976. The summed E-state index contributed by atoms with van der Waals surface area (Å²) >= 11 is 0. The third kappa shape index (κ3) is 1.95. The predicted octanol–water partition coefficient (Wildman–Crippen LogP) is 3.36. The largest absolute Gasteiger partial charge is 0.360 e. The lowest BCUT2D eigenvalue weighted by atomic mass is 10.2. The van der Waals surface area contributed by atoms with Crippen LogP contribution in [0.2, 0.25) is 0 Å². The second-order valence-corrected chi connectivity index (χ2v) is 4.53. The molecule has 0 fully saturated rings. The molecule has 2 N–H and O–H groups in total. The van der Waals surface area contributed by atoms with Crippen LogP contribution in [-0.4, -0.2) is 15.7 Å². The summed E-state index contributed by atoms with van der Waals surface area (Å²) in [6.45, 7) is 4.16. The number of allylic oxidation sites excluding steroid dienone is 2. The molecule has 3 heteroatoms. The zero-order valence-corrected chi connectivity index (χ0v) is 10.5. The molecule has 0 aliphatic carbocycles. The van der Waals surface area contributed by atoms with Crippen LogP contribution in [0.1, 0.15) is 22.6 Å². The lowest BCUT2D eigenvalue weighted by Crippen LogP contribution is -1.92. The number of hydrogen-bond donors (Lipinski definition) is 2. The van der Waals surface area contributed by atoms with Gasteiger partial charge in [-0.25, -0.2) is 4.99 Å². The van der Waals surface area contributed by atoms with Crippen LogP contribution in [0.15, 0.2) is 47.2 Å². The van der Waals surface area contributed by atoms with Crippen LogP contribution in [-0.2, 0) is 0 Å². The number of aromatic nitrogens is 2. The van der Waals surface area contributed by atoms with Crippen LogP contribution in [0.25, 0.3) is 6.08 Å². The Hall–Kier alpha value is -2.29. The molecule has 0 unspecified atom stereocenters. The molecule has 0 saturated carbocycles. The van der Waals surface area contributed by atoms with Crippen LogP contribution in [0.5, 0.6) is 0 Å². The number of aliphatic imine (C=N–C) groups is 1. The molecule has 3 nitrogen and oxygen atoms in total. The number of hydrogen-bond acceptors (Lipinski definition) is 1. The van der Waals surface area contributed by atoms with Crippen LogP contribution >= 0.6 is 0 Å². The summed E-state index contributed by atoms with van der Waals surface area (Å²) in [7, 11) is 0. The molecule has 0 amide bonds. The second kappa shape index (κ2) is 4.18. The van der Waals surface area contributed by atoms with E-state index in [9.17, 15) is 0 Å². The Morgan fingerprint density at radius 1 is 1.22 bits per heavy atom. The maximum atomic E-state index is 4.59. The van der Waals surface area contributed by atoms with Gasteiger partial charge in [-0.15, -0.1) is 0 Å². The van der Waals surface area contributed by atoms with E-state index in [4.69, 9.17) is 0 Å². The molecular formula is C15H15N3. The van der Waals surface area contributed by atoms with Crippen molar-refractivity contribution in [1.82, 2.24) is 9.97 Å². The van der Waals surface area contributed by atoms with Gasteiger partial charge in [-0.3, -0.25) is 0 Å². The van der Waals surface area contributed by atoms with Gasteiger partial charge in [-0.1, -0.05) is 0 Å². The third-order valence-electron chi connectivity index (χ3n) is 3.02. The van der Waals surface area contributed by atoms with Crippen molar-refractivity contribution in [2.24, 2.45) is 4.99 Å². The van der Waals surface area contributed by atoms with Gasteiger partial charge in [-0.2, -0.15) is 0 Å². The van der Waals surface area contributed by atoms with E-state index in [0.29, 0.717) is 0 Å². The van der Waals surface area contributed by atoms with Gasteiger partial charge >= 0.3 is 0 Å². The first-order chi connectivity index (χ1) is 8.72. The summed E-state index contributed by atoms with van der Waals surface area (Å²) in [6, 6.07) is 6.14. The van der Waals surface area contributed by atoms with E-state index < -0.39 is 0 Å². The second-order valence-electron chi connectivity index (χ2n) is 4.53. The zero-order chi connectivity index (χ0) is 12.5. The average Bonchev–Trinajstić information content (AvgIpc) is 3.02. The van der Waals surface area contributed by atoms with Crippen LogP contribution in [0.4, 0.5) is 0 Å². The SMILES string of the molecule is Cc1cc(C)c(C=C2C=CC(c3ccc[nH]3)=N2)[nH]1. The Bertz CT molecular complexity index is 652. The Morgan fingerprint density at radius 3 is 2.78 bits per heavy atom. The topological polar surface area (TPSA) is 43.9 Å². The van der Waals surface area contributed by atoms with Crippen molar-refractivity contribution in [2.75, 3.05) is 0 Å². The Kier molecular flexibility index (Phi) is 2.52. The fourth-order valence-corrected chi connectivity index (χ4v) is 2.15. The van der Waals surface area contributed by atoms with E-state index >= 15 is 0 Å². The highest BCUT2D eigenvalue weighted by Gasteiger charge is 2.08. The maximum Gasteiger partial charge on any atom is 0.0872 e. The molecule has 3 rings (SSSR count). The lowest BCUT2D eigenvalue weighted by molar-refractivity contribution is 1.24. The molecule has 18 heavy (non-hydrogen) atoms. The van der Waals surface area contributed by atoms with Crippen LogP contribution in [0, 0.1) is 13.8 Å². The lowest BCUT2D eigenvalue weighted by Gasteiger charge is -1.94. The van der Waals surface area contributed by atoms with Crippen molar-refractivity contribution < 1.29 is 0 Å². The summed E-state index contributed by atoms with van der Waals surface area (Å²) < 4.78 is 0. The monoisotopic (exact) mass is 237 g/mol. The fraction of sp³-hybridized carbons (Fsp3) is 0.133. The van der Waals surface area contributed by atoms with Crippen molar-refractivity contribution in [3.63, 3.8) is 0 Å². The first-order valence-corrected chi connectivity index (χ1v) is 6.01. The van der Waals surface area contributed by atoms with Gasteiger partial charge in [0.1, 0.15) is 0 Å². The minimum absolute atomic E-state index is 0.976. The van der Waals surface area contributed by atoms with Gasteiger partial charge in [0.05, 0.1) is 17.1 Å². The number of nitrogens with one attached hydrogen (secondary N) is 2. The summed E-state index contributed by atoms with van der Waals surface area (Å²) in [4.78, 5) is 11.1. The molecule has 0 spiro atoms. The van der Waals surface area contributed by atoms with Crippen molar-refractivity contribution in [1.29, 1.82) is 0 Å². The number of aromatic amines is 2. The number of rotatable bonds is 2. The summed E-state index contributed by atoms with van der Waals surface area (Å²) in [5, 5.41) is 0. The first-order valence-electron chi connectivity index (χ1n) is 6.01. The Morgan fingerprint density at radius 2 is 2.11 bits per heavy atom. The van der Waals surface area contributed by atoms with Crippen molar-refractivity contribution in [2.45, 2.75) is 13.8 Å². The Labute approximate surface area is 106 Å². The van der Waals surface area contributed by atoms with Crippen molar-refractivity contribution >= 4 is 11.8 Å². The van der Waals surface area contributed by atoms with E-state index in [-0.39, 0.29) is 0 Å². The van der Waals surface area contributed by atoms with Gasteiger partial charge in [0.25, 0.3) is 0 Å². The third-order valence-corrected chi connectivity index (χ3v) is 3.02. The van der Waals surface area contributed by atoms with Crippen molar-refractivity contribution in [3.8, 4) is 0 Å². The number of H-pyrrole nitrogens is 2. The smallest absolute Gasteiger partial charge is 0.0872 e. The highest BCUT2D eigenvalue weighted by molar-refractivity contribution is 6.10. The average molecular weight is 237 g/mol. The molecule has 1 aliphatic heterocycles. The molecule has 0 atom stereocenters. The van der Waals surface area contributed by atoms with Gasteiger partial charge in [0, 0.05) is 17.6 Å². The van der Waals surface area contributed by atoms with Gasteiger partial charge < -0.3 is 9.97 Å². The Balaban J connectivity index is 1.92. The summed E-state index contributed by atoms with van der Waals surface area (Å²) in [6.07, 6.45) is 8.05. The summed E-state index contributed by atoms with van der Waals surface area (Å²) in [5.41, 5.74) is 6.56. The van der Waals surface area contributed by atoms with E-state index in [1.165, 1.54) is 11.3 Å². The highest BCUT2D eigenvalue weighted by Crippen LogP contribution is 2.18. The van der Waals surface area contributed by atoms with Crippen molar-refractivity contribution in [3.05, 3.63) is 64.9 Å². The number of aryl methyl sites for hydroxylation is 2. The molecule has 1 aliphatic rings. The molecular weight excluding hydrogens is 222 g/mol. The minimum Gasteiger partial charge on any atom is -0.360 e. The molecule has 0 saturated heterocycles. The molecule has 2 aromatic heterocycles. The van der Waals surface area contributed by atoms with E-state index in [2.05, 4.69) is 41.0 Å². The molecule has 0 bridgehead atoms. The standard InChI is InChI=1S/C15H15N3/c1-10-8-11(2)17-15(10)9-12-5-6-14(18-12)13-4-3-7-16-13/h3-9,16-17H,1-2H3. The zero-order valence-electron chi connectivity index (χ0n) is 10.5. The maximum absolute atomic E-state index is 4.59. The first kappa shape index (κ1) is 10.8. The van der Waals surface area contributed by atoms with Crippen LogP contribution in [0.3, 0.4) is 0 Å². The predicted molar refractivity (Wildman–Crippen MR) is 74.7 cm³/mol. The van der Waals surface area contributed by atoms with E-state index in [0.717, 1.165) is 22.8 Å². The quantitative estimate of drug-likeness (QED) is 0.804. The van der Waals surface area contributed by atoms with Gasteiger partial charge in [-0.05, 0) is 55.8 Å². The van der Waals surface area contributed by atoms with Gasteiger partial charge in [0.2, 0.25) is 0 Å². The van der Waals surface area contributed by atoms with E-state index in [1.54, 1.807) is 0 Å². The fourth-order valence-electron chi connectivity index (χ4n) is 2.15.